The Labute approximate surface area is 140 Å². The molecule has 0 heterocycles. The molecule has 128 valence electrons. The Morgan fingerprint density at radius 2 is 1.73 bits per heavy atom. The van der Waals surface area contributed by atoms with Gasteiger partial charge in [-0.2, -0.15) is 0 Å². The molecule has 5 heteroatoms. The van der Waals surface area contributed by atoms with Crippen LogP contribution < -0.4 is 11.1 Å². The Hall–Kier alpha value is -0.320. The van der Waals surface area contributed by atoms with Crippen molar-refractivity contribution in [3.05, 3.63) is 0 Å². The predicted octanol–water partition coefficient (Wildman–Crippen LogP) is 2.92. The number of amides is 1. The Kier molecular flexibility index (Phi) is 5.79. The molecule has 0 saturated heterocycles. The highest BCUT2D eigenvalue weighted by Gasteiger charge is 2.57. The SMILES string of the molecule is CCOC1CC(NC(=O)C2(N)CCCCC2)C12CCCC2.Cl. The number of nitrogens with two attached hydrogens (primary N) is 1. The molecule has 0 aromatic carbocycles. The largest absolute Gasteiger partial charge is 0.378 e. The van der Waals surface area contributed by atoms with Gasteiger partial charge in [-0.05, 0) is 39.0 Å². The molecule has 3 saturated carbocycles. The van der Waals surface area contributed by atoms with Gasteiger partial charge in [0.1, 0.15) is 0 Å². The van der Waals surface area contributed by atoms with Crippen molar-refractivity contribution in [1.29, 1.82) is 0 Å². The van der Waals surface area contributed by atoms with E-state index in [1.54, 1.807) is 0 Å². The summed E-state index contributed by atoms with van der Waals surface area (Å²) in [6, 6.07) is 0.284. The fourth-order valence-electron chi connectivity index (χ4n) is 4.80. The van der Waals surface area contributed by atoms with E-state index >= 15 is 0 Å². The Morgan fingerprint density at radius 3 is 2.32 bits per heavy atom. The second-order valence-electron chi connectivity index (χ2n) is 7.36. The second-order valence-corrected chi connectivity index (χ2v) is 7.36. The van der Waals surface area contributed by atoms with Gasteiger partial charge in [-0.15, -0.1) is 12.4 Å². The van der Waals surface area contributed by atoms with Gasteiger partial charge >= 0.3 is 0 Å². The van der Waals surface area contributed by atoms with E-state index < -0.39 is 5.54 Å². The van der Waals surface area contributed by atoms with Crippen LogP contribution in [0.2, 0.25) is 0 Å². The molecule has 2 unspecified atom stereocenters. The summed E-state index contributed by atoms with van der Waals surface area (Å²) in [6.45, 7) is 2.83. The zero-order valence-electron chi connectivity index (χ0n) is 13.7. The molecule has 3 aliphatic carbocycles. The molecule has 3 fully saturated rings. The van der Waals surface area contributed by atoms with Gasteiger partial charge in [0.25, 0.3) is 0 Å². The lowest BCUT2D eigenvalue weighted by molar-refractivity contribution is -0.148. The van der Waals surface area contributed by atoms with Crippen molar-refractivity contribution in [3.8, 4) is 0 Å². The van der Waals surface area contributed by atoms with E-state index in [0.29, 0.717) is 6.10 Å². The van der Waals surface area contributed by atoms with Gasteiger partial charge in [-0.3, -0.25) is 4.79 Å². The first-order valence-corrected chi connectivity index (χ1v) is 8.82. The zero-order chi connectivity index (χ0) is 14.9. The van der Waals surface area contributed by atoms with Crippen LogP contribution in [0.15, 0.2) is 0 Å². The minimum Gasteiger partial charge on any atom is -0.378 e. The lowest BCUT2D eigenvalue weighted by Crippen LogP contribution is -2.67. The number of rotatable bonds is 4. The number of hydrogen-bond donors (Lipinski definition) is 2. The molecule has 1 amide bonds. The van der Waals surface area contributed by atoms with Crippen LogP contribution in [-0.4, -0.2) is 30.2 Å². The first-order valence-electron chi connectivity index (χ1n) is 8.82. The zero-order valence-corrected chi connectivity index (χ0v) is 14.6. The van der Waals surface area contributed by atoms with Crippen molar-refractivity contribution in [1.82, 2.24) is 5.32 Å². The molecule has 4 nitrogen and oxygen atoms in total. The minimum atomic E-state index is -0.616. The lowest BCUT2D eigenvalue weighted by Gasteiger charge is -2.54. The number of ether oxygens (including phenoxy) is 1. The maximum Gasteiger partial charge on any atom is 0.240 e. The molecule has 0 aromatic heterocycles. The molecular formula is C17H31ClN2O2. The fourth-order valence-corrected chi connectivity index (χ4v) is 4.80. The van der Waals surface area contributed by atoms with Crippen molar-refractivity contribution < 1.29 is 9.53 Å². The molecule has 0 aromatic rings. The normalized spacial score (nSPS) is 32.1. The van der Waals surface area contributed by atoms with Crippen molar-refractivity contribution in [2.24, 2.45) is 11.1 Å². The maximum absolute atomic E-state index is 12.7. The first-order chi connectivity index (χ1) is 10.1. The van der Waals surface area contributed by atoms with Gasteiger partial charge in [0.05, 0.1) is 11.6 Å². The Morgan fingerprint density at radius 1 is 1.14 bits per heavy atom. The summed E-state index contributed by atoms with van der Waals surface area (Å²) in [5, 5.41) is 3.30. The number of carbonyl (C=O) groups excluding carboxylic acids is 1. The highest BCUT2D eigenvalue weighted by molar-refractivity contribution is 5.86. The summed E-state index contributed by atoms with van der Waals surface area (Å²) in [5.41, 5.74) is 5.96. The van der Waals surface area contributed by atoms with E-state index in [1.165, 1.54) is 32.1 Å². The number of carbonyl (C=O) groups is 1. The highest BCUT2D eigenvalue weighted by atomic mass is 35.5. The molecule has 3 aliphatic rings. The molecule has 2 atom stereocenters. The molecule has 0 radical (unpaired) electrons. The Bertz CT molecular complexity index is 390. The van der Waals surface area contributed by atoms with Crippen LogP contribution in [0.25, 0.3) is 0 Å². The maximum atomic E-state index is 12.7. The number of hydrogen-bond acceptors (Lipinski definition) is 3. The summed E-state index contributed by atoms with van der Waals surface area (Å²) >= 11 is 0. The molecule has 3 rings (SSSR count). The van der Waals surface area contributed by atoms with Crippen molar-refractivity contribution >= 4 is 18.3 Å². The molecule has 3 N–H and O–H groups in total. The minimum absolute atomic E-state index is 0. The van der Waals surface area contributed by atoms with Crippen LogP contribution in [0, 0.1) is 5.41 Å². The quantitative estimate of drug-likeness (QED) is 0.833. The third-order valence-corrected chi connectivity index (χ3v) is 6.19. The van der Waals surface area contributed by atoms with E-state index in [9.17, 15) is 4.79 Å². The topological polar surface area (TPSA) is 64.3 Å². The summed E-state index contributed by atoms with van der Waals surface area (Å²) in [7, 11) is 0. The predicted molar refractivity (Wildman–Crippen MR) is 90.1 cm³/mol. The van der Waals surface area contributed by atoms with Crippen LogP contribution in [0.5, 0.6) is 0 Å². The molecule has 22 heavy (non-hydrogen) atoms. The lowest BCUT2D eigenvalue weighted by atomic mass is 9.60. The van der Waals surface area contributed by atoms with Gasteiger partial charge in [0.2, 0.25) is 5.91 Å². The fraction of sp³-hybridized carbons (Fsp3) is 0.941. The molecule has 0 bridgehead atoms. The van der Waals surface area contributed by atoms with E-state index in [0.717, 1.165) is 38.7 Å². The van der Waals surface area contributed by atoms with Crippen LogP contribution in [0.3, 0.4) is 0 Å². The molecular weight excluding hydrogens is 300 g/mol. The first kappa shape index (κ1) is 18.0. The van der Waals surface area contributed by atoms with E-state index in [-0.39, 0.29) is 29.8 Å². The molecule has 1 spiro atoms. The van der Waals surface area contributed by atoms with Gasteiger partial charge in [0.15, 0.2) is 0 Å². The van der Waals surface area contributed by atoms with Gasteiger partial charge in [-0.25, -0.2) is 0 Å². The van der Waals surface area contributed by atoms with Crippen molar-refractivity contribution in [2.45, 2.75) is 88.8 Å². The van der Waals surface area contributed by atoms with Crippen LogP contribution >= 0.6 is 12.4 Å². The van der Waals surface area contributed by atoms with Gasteiger partial charge in [-0.1, -0.05) is 32.1 Å². The summed E-state index contributed by atoms with van der Waals surface area (Å²) in [6.07, 6.45) is 11.3. The number of nitrogens with one attached hydrogen (secondary N) is 1. The third kappa shape index (κ3) is 3.02. The van der Waals surface area contributed by atoms with Crippen molar-refractivity contribution in [2.75, 3.05) is 6.61 Å². The van der Waals surface area contributed by atoms with Crippen molar-refractivity contribution in [3.63, 3.8) is 0 Å². The van der Waals surface area contributed by atoms with E-state index in [2.05, 4.69) is 12.2 Å². The smallest absolute Gasteiger partial charge is 0.240 e. The van der Waals surface area contributed by atoms with E-state index in [1.807, 2.05) is 0 Å². The summed E-state index contributed by atoms with van der Waals surface area (Å²) < 4.78 is 5.92. The van der Waals surface area contributed by atoms with Crippen LogP contribution in [-0.2, 0) is 9.53 Å². The second kappa shape index (κ2) is 7.06. The standard InChI is InChI=1S/C17H30N2O2.ClH/c1-2-21-14-12-13(16(14)8-6-7-9-16)19-15(20)17(18)10-4-3-5-11-17;/h13-14H,2-12,18H2,1H3,(H,19,20);1H. The van der Waals surface area contributed by atoms with E-state index in [4.69, 9.17) is 10.5 Å². The summed E-state index contributed by atoms with van der Waals surface area (Å²) in [4.78, 5) is 12.7. The Balaban J connectivity index is 0.00000176. The summed E-state index contributed by atoms with van der Waals surface area (Å²) in [5.74, 6) is 0.0911. The van der Waals surface area contributed by atoms with Gasteiger partial charge < -0.3 is 15.8 Å². The average molecular weight is 331 g/mol. The monoisotopic (exact) mass is 330 g/mol. The van der Waals surface area contributed by atoms with Crippen LogP contribution in [0.4, 0.5) is 0 Å². The van der Waals surface area contributed by atoms with Gasteiger partial charge in [0, 0.05) is 18.1 Å². The highest BCUT2D eigenvalue weighted by Crippen LogP contribution is 2.54. The average Bonchev–Trinajstić information content (AvgIpc) is 2.99. The third-order valence-electron chi connectivity index (χ3n) is 6.19. The molecule has 0 aliphatic heterocycles. The number of halogens is 1. The van der Waals surface area contributed by atoms with Crippen LogP contribution in [0.1, 0.15) is 71.1 Å².